The minimum absolute atomic E-state index is 0.00382. The van der Waals surface area contributed by atoms with E-state index >= 15 is 0 Å². The lowest BCUT2D eigenvalue weighted by Crippen LogP contribution is -2.19. The van der Waals surface area contributed by atoms with E-state index in [2.05, 4.69) is 0 Å². The highest BCUT2D eigenvalue weighted by Crippen LogP contribution is 2.36. The number of rotatable bonds is 6. The molecule has 2 aromatic carbocycles. The highest BCUT2D eigenvalue weighted by molar-refractivity contribution is 7.20. The minimum atomic E-state index is -0.723. The van der Waals surface area contributed by atoms with Gasteiger partial charge in [0.15, 0.2) is 5.43 Å². The Bertz CT molecular complexity index is 1070. The molecule has 7 heteroatoms. The van der Waals surface area contributed by atoms with Crippen molar-refractivity contribution in [2.24, 2.45) is 0 Å². The van der Waals surface area contributed by atoms with Gasteiger partial charge in [0, 0.05) is 46.5 Å². The van der Waals surface area contributed by atoms with Gasteiger partial charge in [-0.25, -0.2) is 0 Å². The fourth-order valence-electron chi connectivity index (χ4n) is 3.02. The maximum Gasteiger partial charge on any atom is 0.269 e. The third-order valence-corrected chi connectivity index (χ3v) is 5.46. The van der Waals surface area contributed by atoms with Crippen molar-refractivity contribution >= 4 is 32.9 Å². The summed E-state index contributed by atoms with van der Waals surface area (Å²) in [6.07, 6.45) is 0.284. The highest BCUT2D eigenvalue weighted by atomic mass is 32.1. The second kappa shape index (κ2) is 7.67. The predicted molar refractivity (Wildman–Crippen MR) is 102 cm³/mol. The second-order valence-electron chi connectivity index (χ2n) is 6.13. The monoisotopic (exact) mass is 382 g/mol. The Labute approximate surface area is 158 Å². The second-order valence-corrected chi connectivity index (χ2v) is 7.14. The number of fused-ring (bicyclic) bond motifs is 1. The Hall–Kier alpha value is -3.06. The van der Waals surface area contributed by atoms with Crippen LogP contribution in [-0.2, 0) is 4.79 Å². The van der Waals surface area contributed by atoms with Gasteiger partial charge >= 0.3 is 0 Å². The van der Waals surface area contributed by atoms with Crippen LogP contribution in [-0.4, -0.2) is 10.7 Å². The zero-order valence-electron chi connectivity index (χ0n) is 14.5. The van der Waals surface area contributed by atoms with Crippen molar-refractivity contribution in [1.82, 2.24) is 0 Å². The van der Waals surface area contributed by atoms with Gasteiger partial charge in [-0.1, -0.05) is 31.2 Å². The summed E-state index contributed by atoms with van der Waals surface area (Å²) in [5.74, 6) is -0.811. The molecule has 6 nitrogen and oxygen atoms in total. The predicted octanol–water partition coefficient (Wildman–Crippen LogP) is 3.74. The normalized spacial score (nSPS) is 12.0. The van der Waals surface area contributed by atoms with Crippen LogP contribution in [0.25, 0.3) is 10.1 Å². The molecule has 0 amide bonds. The van der Waals surface area contributed by atoms with Crippen LogP contribution in [0.15, 0.2) is 53.3 Å². The molecule has 138 valence electrons. The number of nitro groups is 1. The first-order valence-corrected chi connectivity index (χ1v) is 9.22. The molecular weight excluding hydrogens is 366 g/mol. The summed E-state index contributed by atoms with van der Waals surface area (Å²) < 4.78 is 0.598. The largest absolute Gasteiger partial charge is 0.865 e. The number of Topliss-reactive ketones (excluding diaryl/α,β-unsaturated/α-hetero) is 1. The molecule has 0 saturated heterocycles. The summed E-state index contributed by atoms with van der Waals surface area (Å²) in [7, 11) is 0. The Morgan fingerprint density at radius 2 is 1.81 bits per heavy atom. The molecule has 1 atom stereocenters. The van der Waals surface area contributed by atoms with Crippen molar-refractivity contribution in [1.29, 1.82) is 0 Å². The first-order valence-electron chi connectivity index (χ1n) is 8.41. The fraction of sp³-hybridized carbons (Fsp3) is 0.200. The Morgan fingerprint density at radius 1 is 1.15 bits per heavy atom. The zero-order chi connectivity index (χ0) is 19.6. The summed E-state index contributed by atoms with van der Waals surface area (Å²) in [5, 5.41) is 23.7. The Kier molecular flexibility index (Phi) is 5.32. The molecule has 0 fully saturated rings. The summed E-state index contributed by atoms with van der Waals surface area (Å²) in [5.41, 5.74) is 0.111. The number of non-ortho nitro benzene ring substituents is 1. The third-order valence-electron chi connectivity index (χ3n) is 4.48. The van der Waals surface area contributed by atoms with Gasteiger partial charge in [0.25, 0.3) is 5.69 Å². The number of nitrogens with zero attached hydrogens (tertiary/aromatic N) is 1. The molecule has 3 rings (SSSR count). The maximum atomic E-state index is 13.0. The molecule has 0 aliphatic carbocycles. The van der Waals surface area contributed by atoms with Gasteiger partial charge in [0.05, 0.1) is 4.92 Å². The minimum Gasteiger partial charge on any atom is -0.865 e. The van der Waals surface area contributed by atoms with Crippen LogP contribution in [0.1, 0.15) is 36.8 Å². The van der Waals surface area contributed by atoms with Gasteiger partial charge < -0.3 is 5.11 Å². The van der Waals surface area contributed by atoms with E-state index in [1.807, 2.05) is 0 Å². The quantitative estimate of drug-likeness (QED) is 0.477. The maximum absolute atomic E-state index is 13.0. The van der Waals surface area contributed by atoms with E-state index in [-0.39, 0.29) is 40.4 Å². The smallest absolute Gasteiger partial charge is 0.269 e. The average Bonchev–Trinajstić information content (AvgIpc) is 2.67. The molecule has 0 saturated carbocycles. The van der Waals surface area contributed by atoms with Crippen molar-refractivity contribution in [3.63, 3.8) is 0 Å². The van der Waals surface area contributed by atoms with E-state index in [0.717, 1.165) is 11.3 Å². The van der Waals surface area contributed by atoms with Crippen molar-refractivity contribution in [2.75, 3.05) is 0 Å². The van der Waals surface area contributed by atoms with Crippen LogP contribution < -0.4 is 10.5 Å². The molecule has 3 aromatic rings. The van der Waals surface area contributed by atoms with Crippen LogP contribution >= 0.6 is 11.3 Å². The molecule has 1 aromatic heterocycles. The Balaban J connectivity index is 2.19. The van der Waals surface area contributed by atoms with Crippen molar-refractivity contribution in [3.05, 3.63) is 80.0 Å². The van der Waals surface area contributed by atoms with Gasteiger partial charge in [0.2, 0.25) is 0 Å². The molecule has 0 N–H and O–H groups in total. The van der Waals surface area contributed by atoms with Crippen molar-refractivity contribution in [2.45, 2.75) is 25.7 Å². The Morgan fingerprint density at radius 3 is 2.44 bits per heavy atom. The van der Waals surface area contributed by atoms with E-state index in [9.17, 15) is 24.8 Å². The molecule has 0 aliphatic rings. The van der Waals surface area contributed by atoms with Crippen LogP contribution in [0.5, 0.6) is 5.06 Å². The van der Waals surface area contributed by atoms with Crippen LogP contribution in [0.4, 0.5) is 5.69 Å². The van der Waals surface area contributed by atoms with Crippen LogP contribution in [0.3, 0.4) is 0 Å². The molecule has 0 aliphatic heterocycles. The van der Waals surface area contributed by atoms with Gasteiger partial charge in [0.1, 0.15) is 5.78 Å². The lowest BCUT2D eigenvalue weighted by molar-refractivity contribution is -0.384. The van der Waals surface area contributed by atoms with Gasteiger partial charge in [-0.15, -0.1) is 0 Å². The zero-order valence-corrected chi connectivity index (χ0v) is 15.3. The number of ketones is 1. The first kappa shape index (κ1) is 18.7. The van der Waals surface area contributed by atoms with Crippen molar-refractivity contribution < 1.29 is 14.8 Å². The standard InChI is InChI=1S/C20H17NO5S/c1-2-14(22)11-16(12-7-9-13(10-8-12)21(25)26)18-19(23)15-5-3-4-6-17(15)27-20(18)24/h3-10,16,24H,2,11H2,1H3/p-1. The summed E-state index contributed by atoms with van der Waals surface area (Å²) in [4.78, 5) is 35.5. The van der Waals surface area contributed by atoms with Gasteiger partial charge in [-0.3, -0.25) is 19.7 Å². The molecule has 0 spiro atoms. The molecule has 1 heterocycles. The molecular formula is C20H16NO5S-. The van der Waals surface area contributed by atoms with Crippen molar-refractivity contribution in [3.8, 4) is 5.06 Å². The van der Waals surface area contributed by atoms with E-state index in [4.69, 9.17) is 0 Å². The van der Waals surface area contributed by atoms with Crippen LogP contribution in [0, 0.1) is 10.1 Å². The lowest BCUT2D eigenvalue weighted by Gasteiger charge is -2.22. The molecule has 1 unspecified atom stereocenters. The van der Waals surface area contributed by atoms with E-state index in [1.54, 1.807) is 31.2 Å². The lowest BCUT2D eigenvalue weighted by atomic mass is 9.87. The highest BCUT2D eigenvalue weighted by Gasteiger charge is 2.23. The number of carbonyl (C=O) groups excluding carboxylic acids is 1. The number of hydrogen-bond donors (Lipinski definition) is 0. The van der Waals surface area contributed by atoms with Gasteiger partial charge in [-0.05, 0) is 22.8 Å². The number of carbonyl (C=O) groups is 1. The summed E-state index contributed by atoms with van der Waals surface area (Å²) in [6, 6.07) is 12.5. The van der Waals surface area contributed by atoms with E-state index in [0.29, 0.717) is 15.6 Å². The van der Waals surface area contributed by atoms with Crippen LogP contribution in [0.2, 0.25) is 0 Å². The summed E-state index contributed by atoms with van der Waals surface area (Å²) in [6.45, 7) is 1.72. The number of benzene rings is 2. The van der Waals surface area contributed by atoms with E-state index in [1.165, 1.54) is 24.3 Å². The summed E-state index contributed by atoms with van der Waals surface area (Å²) >= 11 is 0.973. The van der Waals surface area contributed by atoms with Gasteiger partial charge in [-0.2, -0.15) is 11.3 Å². The number of hydrogen-bond acceptors (Lipinski definition) is 6. The third kappa shape index (κ3) is 3.73. The fourth-order valence-corrected chi connectivity index (χ4v) is 3.99. The molecule has 0 bridgehead atoms. The first-order chi connectivity index (χ1) is 12.9. The molecule has 27 heavy (non-hydrogen) atoms. The molecule has 0 radical (unpaired) electrons. The topological polar surface area (TPSA) is 100 Å². The average molecular weight is 382 g/mol. The number of nitro benzene ring substituents is 1. The SMILES string of the molecule is CCC(=O)CC(c1ccc([N+](=O)[O-])cc1)c1c([O-])sc2ccccc2c1=O. The van der Waals surface area contributed by atoms with E-state index < -0.39 is 10.8 Å².